The van der Waals surface area contributed by atoms with E-state index in [1.165, 1.54) is 50.7 Å². The van der Waals surface area contributed by atoms with E-state index in [0.717, 1.165) is 37.5 Å². The minimum Gasteiger partial charge on any atom is -0.481 e. The first-order chi connectivity index (χ1) is 18.6. The van der Waals surface area contributed by atoms with E-state index >= 15 is 0 Å². The van der Waals surface area contributed by atoms with Gasteiger partial charge in [-0.25, -0.2) is 5.06 Å². The number of carboxylic acids is 1. The molecule has 0 atom stereocenters. The lowest BCUT2D eigenvalue weighted by Gasteiger charge is -2.12. The van der Waals surface area contributed by atoms with Crippen LogP contribution in [0.5, 0.6) is 0 Å². The summed E-state index contributed by atoms with van der Waals surface area (Å²) in [6, 6.07) is 0. The van der Waals surface area contributed by atoms with Crippen LogP contribution in [-0.4, -0.2) is 47.8 Å². The molecular formula is C32H53NO6. The second-order valence-corrected chi connectivity index (χ2v) is 9.82. The lowest BCUT2D eigenvalue weighted by atomic mass is 10.1. The van der Waals surface area contributed by atoms with Gasteiger partial charge in [0, 0.05) is 45.6 Å². The van der Waals surface area contributed by atoms with E-state index in [9.17, 15) is 19.2 Å². The number of nitrogens with zero attached hydrogens (tertiary/aromatic N) is 1. The van der Waals surface area contributed by atoms with Crippen molar-refractivity contribution in [3.63, 3.8) is 0 Å². The van der Waals surface area contributed by atoms with Gasteiger partial charge in [-0.2, -0.15) is 0 Å². The zero-order valence-electron chi connectivity index (χ0n) is 24.5. The molecule has 0 heterocycles. The summed E-state index contributed by atoms with van der Waals surface area (Å²) in [6.07, 6.45) is 21.3. The van der Waals surface area contributed by atoms with Crippen molar-refractivity contribution in [2.24, 2.45) is 11.8 Å². The minimum absolute atomic E-state index is 0.0256. The van der Waals surface area contributed by atoms with Crippen molar-refractivity contribution in [1.82, 2.24) is 5.06 Å². The largest absolute Gasteiger partial charge is 0.481 e. The van der Waals surface area contributed by atoms with Crippen LogP contribution in [0.25, 0.3) is 0 Å². The predicted octanol–water partition coefficient (Wildman–Crippen LogP) is 7.43. The third-order valence-electron chi connectivity index (χ3n) is 6.06. The molecule has 1 amide bonds. The maximum atomic E-state index is 11.3. The first kappa shape index (κ1) is 38.3. The number of carbonyl (C=O) groups is 4. The van der Waals surface area contributed by atoms with Crippen molar-refractivity contribution in [2.75, 3.05) is 14.2 Å². The monoisotopic (exact) mass is 547 g/mol. The number of ketones is 2. The molecule has 222 valence electrons. The molecule has 0 bridgehead atoms. The van der Waals surface area contributed by atoms with Gasteiger partial charge in [-0.05, 0) is 50.4 Å². The van der Waals surface area contributed by atoms with Crippen LogP contribution in [0.3, 0.4) is 0 Å². The van der Waals surface area contributed by atoms with Gasteiger partial charge in [0.15, 0.2) is 0 Å². The summed E-state index contributed by atoms with van der Waals surface area (Å²) in [6.45, 7) is 14.0. The van der Waals surface area contributed by atoms with Gasteiger partial charge in [0.2, 0.25) is 5.91 Å². The molecule has 2 saturated carbocycles. The lowest BCUT2D eigenvalue weighted by Crippen LogP contribution is -2.24. The molecule has 0 aromatic carbocycles. The number of Topliss-reactive ketones (excluding diaryl/α,β-unsaturated/α-hetero) is 2. The normalized spacial score (nSPS) is 13.0. The predicted molar refractivity (Wildman–Crippen MR) is 159 cm³/mol. The van der Waals surface area contributed by atoms with Crippen LogP contribution in [0.15, 0.2) is 50.6 Å². The fraction of sp³-hybridized carbons (Fsp3) is 0.625. The van der Waals surface area contributed by atoms with Crippen LogP contribution in [0.4, 0.5) is 0 Å². The summed E-state index contributed by atoms with van der Waals surface area (Å²) >= 11 is 0. The molecule has 7 heteroatoms. The standard InChI is InChI=1S/C11H18O.C9H14O.C7H13NO2.C5H8O2/c12-11(7-5-9-1-2-9)8-6-10-3-4-10;1-3-5-7-9(10)8-6-4-2;1-4-5-6-7(9)8(2)10-3;1-2-3-4-5(6)7/h9-10H,1-8H2;3-4H,1-2,5-8H2;4H,1,5-6H2,2-3H3;2H,1,3-4H2,(H,6,7). The highest BCUT2D eigenvalue weighted by atomic mass is 16.7. The van der Waals surface area contributed by atoms with Gasteiger partial charge in [-0.3, -0.25) is 24.0 Å². The summed E-state index contributed by atoms with van der Waals surface area (Å²) in [5, 5.41) is 9.21. The van der Waals surface area contributed by atoms with Crippen LogP contribution in [0.1, 0.15) is 103 Å². The van der Waals surface area contributed by atoms with Gasteiger partial charge >= 0.3 is 5.97 Å². The van der Waals surface area contributed by atoms with Crippen molar-refractivity contribution >= 4 is 23.4 Å². The molecule has 0 aromatic rings. The Morgan fingerprint density at radius 2 is 1.05 bits per heavy atom. The molecular weight excluding hydrogens is 494 g/mol. The molecule has 0 spiro atoms. The van der Waals surface area contributed by atoms with E-state index in [4.69, 9.17) is 5.11 Å². The quantitative estimate of drug-likeness (QED) is 0.133. The Balaban J connectivity index is 0. The van der Waals surface area contributed by atoms with Crippen molar-refractivity contribution in [2.45, 2.75) is 103 Å². The number of allylic oxidation sites excluding steroid dienone is 4. The van der Waals surface area contributed by atoms with E-state index in [1.54, 1.807) is 31.4 Å². The average Bonchev–Trinajstić information content (AvgIpc) is 3.86. The second-order valence-electron chi connectivity index (χ2n) is 9.82. The molecule has 0 unspecified atom stereocenters. The SMILES string of the molecule is C=CCCC(=O)CCC=C.C=CCCC(=O)N(C)OC.C=CCCC(=O)O.O=C(CCC1CC1)CCC1CC1. The minimum atomic E-state index is -0.764. The van der Waals surface area contributed by atoms with E-state index in [0.29, 0.717) is 43.7 Å². The van der Waals surface area contributed by atoms with Gasteiger partial charge in [-0.15, -0.1) is 26.3 Å². The van der Waals surface area contributed by atoms with Crippen molar-refractivity contribution in [3.05, 3.63) is 50.6 Å². The molecule has 1 N–H and O–H groups in total. The summed E-state index contributed by atoms with van der Waals surface area (Å²) in [4.78, 5) is 47.4. The third kappa shape index (κ3) is 31.3. The van der Waals surface area contributed by atoms with E-state index < -0.39 is 5.97 Å². The number of amides is 1. The Morgan fingerprint density at radius 1 is 0.692 bits per heavy atom. The first-order valence-electron chi connectivity index (χ1n) is 14.1. The van der Waals surface area contributed by atoms with Gasteiger partial charge in [0.25, 0.3) is 0 Å². The summed E-state index contributed by atoms with van der Waals surface area (Å²) < 4.78 is 0. The van der Waals surface area contributed by atoms with E-state index in [1.807, 2.05) is 0 Å². The summed E-state index contributed by atoms with van der Waals surface area (Å²) in [7, 11) is 3.05. The molecule has 0 saturated heterocycles. The number of hydrogen-bond acceptors (Lipinski definition) is 5. The average molecular weight is 548 g/mol. The number of carboxylic acid groups (broad SMARTS) is 1. The first-order valence-corrected chi connectivity index (χ1v) is 14.1. The maximum Gasteiger partial charge on any atom is 0.303 e. The van der Waals surface area contributed by atoms with Crippen molar-refractivity contribution in [1.29, 1.82) is 0 Å². The van der Waals surface area contributed by atoms with Crippen LogP contribution in [0, 0.1) is 11.8 Å². The maximum absolute atomic E-state index is 11.3. The molecule has 2 aliphatic carbocycles. The molecule has 0 aliphatic heterocycles. The van der Waals surface area contributed by atoms with E-state index in [-0.39, 0.29) is 12.3 Å². The Hall–Kier alpha value is -2.80. The van der Waals surface area contributed by atoms with Gasteiger partial charge in [-0.1, -0.05) is 50.0 Å². The number of carbonyl (C=O) groups excluding carboxylic acids is 3. The highest BCUT2D eigenvalue weighted by molar-refractivity contribution is 5.78. The topological polar surface area (TPSA) is 101 Å². The van der Waals surface area contributed by atoms with Crippen LogP contribution < -0.4 is 0 Å². The van der Waals surface area contributed by atoms with Crippen LogP contribution in [0.2, 0.25) is 0 Å². The zero-order chi connectivity index (χ0) is 29.9. The van der Waals surface area contributed by atoms with Gasteiger partial charge in [0.05, 0.1) is 7.11 Å². The second kappa shape index (κ2) is 26.8. The number of hydrogen-bond donors (Lipinski definition) is 1. The number of hydroxylamine groups is 2. The smallest absolute Gasteiger partial charge is 0.303 e. The van der Waals surface area contributed by atoms with E-state index in [2.05, 4.69) is 31.2 Å². The number of rotatable bonds is 19. The molecule has 0 aromatic heterocycles. The molecule has 7 nitrogen and oxygen atoms in total. The highest BCUT2D eigenvalue weighted by Crippen LogP contribution is 2.35. The molecule has 39 heavy (non-hydrogen) atoms. The molecule has 2 rings (SSSR count). The molecule has 0 radical (unpaired) electrons. The van der Waals surface area contributed by atoms with Crippen molar-refractivity contribution in [3.8, 4) is 0 Å². The Bertz CT molecular complexity index is 705. The number of aliphatic carboxylic acids is 1. The third-order valence-corrected chi connectivity index (χ3v) is 6.06. The zero-order valence-corrected chi connectivity index (χ0v) is 24.5. The van der Waals surface area contributed by atoms with Gasteiger partial charge < -0.3 is 5.11 Å². The summed E-state index contributed by atoms with van der Waals surface area (Å²) in [5.74, 6) is 1.89. The Labute approximate surface area is 237 Å². The Kier molecular flexibility index (Phi) is 26.3. The van der Waals surface area contributed by atoms with Crippen molar-refractivity contribution < 1.29 is 29.1 Å². The van der Waals surface area contributed by atoms with Crippen LogP contribution >= 0.6 is 0 Å². The fourth-order valence-electron chi connectivity index (χ4n) is 3.03. The molecule has 2 fully saturated rings. The highest BCUT2D eigenvalue weighted by Gasteiger charge is 2.24. The Morgan fingerprint density at radius 3 is 1.36 bits per heavy atom. The van der Waals surface area contributed by atoms with Crippen LogP contribution in [-0.2, 0) is 24.0 Å². The molecule has 2 aliphatic rings. The summed E-state index contributed by atoms with van der Waals surface area (Å²) in [5.41, 5.74) is 0. The van der Waals surface area contributed by atoms with Gasteiger partial charge in [0.1, 0.15) is 11.6 Å². The fourth-order valence-corrected chi connectivity index (χ4v) is 3.03. The lowest BCUT2D eigenvalue weighted by molar-refractivity contribution is -0.168.